The number of sulfonamides is 1. The van der Waals surface area contributed by atoms with Gasteiger partial charge in [-0.1, -0.05) is 67.1 Å². The number of methoxy groups -OCH3 is 1. The highest BCUT2D eigenvalue weighted by molar-refractivity contribution is 7.92. The Bertz CT molecular complexity index is 1520. The van der Waals surface area contributed by atoms with Crippen molar-refractivity contribution in [2.45, 2.75) is 32.4 Å². The molecule has 3 aromatic carbocycles. The van der Waals surface area contributed by atoms with Gasteiger partial charge in [0.25, 0.3) is 5.69 Å². The predicted octanol–water partition coefficient (Wildman–Crippen LogP) is 4.19. The largest absolute Gasteiger partial charge is 0.495 e. The summed E-state index contributed by atoms with van der Waals surface area (Å²) in [5.74, 6) is -1.13. The molecule has 1 N–H and O–H groups in total. The van der Waals surface area contributed by atoms with Crippen molar-refractivity contribution in [3.05, 3.63) is 99.1 Å². The quantitative estimate of drug-likeness (QED) is 0.212. The third-order valence-electron chi connectivity index (χ3n) is 6.44. The van der Waals surface area contributed by atoms with Gasteiger partial charge >= 0.3 is 0 Å². The van der Waals surface area contributed by atoms with Gasteiger partial charge < -0.3 is 15.0 Å². The van der Waals surface area contributed by atoms with E-state index in [9.17, 15) is 28.1 Å². The molecule has 0 radical (unpaired) electrons. The van der Waals surface area contributed by atoms with Crippen LogP contribution in [0.25, 0.3) is 0 Å². The maximum absolute atomic E-state index is 14.1. The molecule has 0 aliphatic carbocycles. The summed E-state index contributed by atoms with van der Waals surface area (Å²) in [6.07, 6.45) is 1.69. The maximum Gasteiger partial charge on any atom is 0.271 e. The first-order valence-electron chi connectivity index (χ1n) is 13.1. The number of nitrogens with one attached hydrogen (secondary N) is 1. The second-order valence-electron chi connectivity index (χ2n) is 9.49. The van der Waals surface area contributed by atoms with E-state index in [2.05, 4.69) is 5.32 Å². The van der Waals surface area contributed by atoms with E-state index in [-0.39, 0.29) is 30.1 Å². The third kappa shape index (κ3) is 8.43. The number of halogens is 1. The van der Waals surface area contributed by atoms with Crippen LogP contribution in [-0.2, 0) is 32.6 Å². The molecule has 2 amide bonds. The second kappa shape index (κ2) is 14.6. The molecule has 224 valence electrons. The van der Waals surface area contributed by atoms with E-state index in [1.165, 1.54) is 24.1 Å². The summed E-state index contributed by atoms with van der Waals surface area (Å²) < 4.78 is 32.1. The first kappa shape index (κ1) is 32.4. The van der Waals surface area contributed by atoms with Crippen LogP contribution in [0.1, 0.15) is 24.5 Å². The van der Waals surface area contributed by atoms with E-state index in [1.54, 1.807) is 24.3 Å². The van der Waals surface area contributed by atoms with E-state index in [4.69, 9.17) is 16.3 Å². The molecule has 0 saturated carbocycles. The molecule has 0 heterocycles. The lowest BCUT2D eigenvalue weighted by Gasteiger charge is -2.33. The van der Waals surface area contributed by atoms with Crippen molar-refractivity contribution < 1.29 is 27.7 Å². The second-order valence-corrected chi connectivity index (χ2v) is 11.8. The predicted molar refractivity (Wildman–Crippen MR) is 161 cm³/mol. The van der Waals surface area contributed by atoms with Crippen molar-refractivity contribution in [1.82, 2.24) is 10.2 Å². The van der Waals surface area contributed by atoms with Crippen molar-refractivity contribution >= 4 is 44.8 Å². The highest BCUT2D eigenvalue weighted by Crippen LogP contribution is 2.34. The molecule has 0 spiro atoms. The third-order valence-corrected chi connectivity index (χ3v) is 7.94. The fourth-order valence-corrected chi connectivity index (χ4v) is 5.35. The summed E-state index contributed by atoms with van der Waals surface area (Å²) in [6, 6.07) is 18.4. The Morgan fingerprint density at radius 2 is 1.74 bits per heavy atom. The first-order valence-corrected chi connectivity index (χ1v) is 15.3. The monoisotopic (exact) mass is 616 g/mol. The number of nitrogens with zero attached hydrogens (tertiary/aromatic N) is 3. The van der Waals surface area contributed by atoms with Gasteiger partial charge in [-0.05, 0) is 29.7 Å². The van der Waals surface area contributed by atoms with Crippen LogP contribution in [0.4, 0.5) is 11.4 Å². The summed E-state index contributed by atoms with van der Waals surface area (Å²) in [4.78, 5) is 39.8. The molecule has 3 rings (SSSR count). The zero-order chi connectivity index (χ0) is 30.9. The Labute approximate surface area is 250 Å². The lowest BCUT2D eigenvalue weighted by molar-refractivity contribution is -0.384. The molecule has 13 heteroatoms. The molecule has 0 aliphatic heterocycles. The number of benzene rings is 3. The smallest absolute Gasteiger partial charge is 0.271 e. The van der Waals surface area contributed by atoms with Crippen LogP contribution in [0.3, 0.4) is 0 Å². The molecule has 0 bridgehead atoms. The minimum absolute atomic E-state index is 0.0120. The molecule has 0 aromatic heterocycles. The first-order chi connectivity index (χ1) is 20.0. The number of non-ortho nitro benzene ring substituents is 1. The topological polar surface area (TPSA) is 139 Å². The summed E-state index contributed by atoms with van der Waals surface area (Å²) in [5, 5.41) is 14.7. The van der Waals surface area contributed by atoms with Crippen molar-refractivity contribution in [2.75, 3.05) is 30.8 Å². The van der Waals surface area contributed by atoms with Gasteiger partial charge in [-0.2, -0.15) is 0 Å². The number of nitro benzene ring substituents is 1. The van der Waals surface area contributed by atoms with Crippen LogP contribution in [0.5, 0.6) is 5.75 Å². The number of hydrogen-bond acceptors (Lipinski definition) is 7. The van der Waals surface area contributed by atoms with Crippen LogP contribution in [0.15, 0.2) is 72.8 Å². The molecule has 0 unspecified atom stereocenters. The molecular weight excluding hydrogens is 584 g/mol. The van der Waals surface area contributed by atoms with Gasteiger partial charge in [-0.3, -0.25) is 24.0 Å². The van der Waals surface area contributed by atoms with Gasteiger partial charge in [-0.15, -0.1) is 0 Å². The number of ether oxygens (including phenoxy) is 1. The Hall–Kier alpha value is -4.16. The minimum atomic E-state index is -4.17. The van der Waals surface area contributed by atoms with Gasteiger partial charge in [0.2, 0.25) is 21.8 Å². The van der Waals surface area contributed by atoms with Crippen LogP contribution in [0.2, 0.25) is 5.02 Å². The molecule has 0 aliphatic rings. The lowest BCUT2D eigenvalue weighted by Crippen LogP contribution is -2.53. The van der Waals surface area contributed by atoms with Gasteiger partial charge in [-0.25, -0.2) is 8.42 Å². The summed E-state index contributed by atoms with van der Waals surface area (Å²) in [6.45, 7) is 1.42. The van der Waals surface area contributed by atoms with E-state index in [0.29, 0.717) is 23.6 Å². The summed E-state index contributed by atoms with van der Waals surface area (Å²) >= 11 is 6.44. The van der Waals surface area contributed by atoms with Crippen LogP contribution < -0.4 is 14.4 Å². The zero-order valence-electron chi connectivity index (χ0n) is 23.5. The lowest BCUT2D eigenvalue weighted by atomic mass is 10.0. The van der Waals surface area contributed by atoms with Crippen molar-refractivity contribution in [1.29, 1.82) is 0 Å². The minimum Gasteiger partial charge on any atom is -0.495 e. The van der Waals surface area contributed by atoms with Gasteiger partial charge in [0.1, 0.15) is 24.0 Å². The molecular formula is C29H33ClN4O7S. The standard InChI is InChI=1S/C29H33ClN4O7S/c1-4-16-31-29(36)26(17-21-10-6-5-7-11-21)32(19-22-12-8-9-13-24(22)30)28(35)20-33(42(3,39)40)25-18-23(34(37)38)14-15-27(25)41-2/h5-15,18,26H,4,16-17,19-20H2,1-3H3,(H,31,36)/t26-/m1/s1. The molecule has 42 heavy (non-hydrogen) atoms. The molecule has 11 nitrogen and oxygen atoms in total. The molecule has 0 fully saturated rings. The summed E-state index contributed by atoms with van der Waals surface area (Å²) in [5.41, 5.74) is 0.759. The van der Waals surface area contributed by atoms with Gasteiger partial charge in [0.15, 0.2) is 0 Å². The van der Waals surface area contributed by atoms with Crippen molar-refractivity contribution in [3.8, 4) is 5.75 Å². The zero-order valence-corrected chi connectivity index (χ0v) is 25.1. The van der Waals surface area contributed by atoms with Crippen molar-refractivity contribution in [2.24, 2.45) is 0 Å². The Morgan fingerprint density at radius 1 is 1.07 bits per heavy atom. The van der Waals surface area contributed by atoms with Gasteiger partial charge in [0, 0.05) is 36.7 Å². The number of carbonyl (C=O) groups excluding carboxylic acids is 2. The number of carbonyl (C=O) groups is 2. The number of nitro groups is 1. The average molecular weight is 617 g/mol. The Kier molecular flexibility index (Phi) is 11.3. The van der Waals surface area contributed by atoms with Gasteiger partial charge in [0.05, 0.1) is 18.3 Å². The van der Waals surface area contributed by atoms with Crippen LogP contribution in [-0.4, -0.2) is 62.6 Å². The number of amides is 2. The van der Waals surface area contributed by atoms with Crippen LogP contribution >= 0.6 is 11.6 Å². The average Bonchev–Trinajstić information content (AvgIpc) is 2.96. The van der Waals surface area contributed by atoms with E-state index in [1.807, 2.05) is 37.3 Å². The van der Waals surface area contributed by atoms with E-state index in [0.717, 1.165) is 22.2 Å². The summed E-state index contributed by atoms with van der Waals surface area (Å²) in [7, 11) is -2.88. The normalized spacial score (nSPS) is 11.8. The fourth-order valence-electron chi connectivity index (χ4n) is 4.31. The van der Waals surface area contributed by atoms with E-state index >= 15 is 0 Å². The Balaban J connectivity index is 2.12. The SMILES string of the molecule is CCCNC(=O)[C@@H](Cc1ccccc1)N(Cc1ccccc1Cl)C(=O)CN(c1cc([N+](=O)[O-])ccc1OC)S(C)(=O)=O. The molecule has 3 aromatic rings. The van der Waals surface area contributed by atoms with Crippen molar-refractivity contribution in [3.63, 3.8) is 0 Å². The van der Waals surface area contributed by atoms with E-state index < -0.39 is 39.3 Å². The Morgan fingerprint density at radius 3 is 2.33 bits per heavy atom. The highest BCUT2D eigenvalue weighted by atomic mass is 35.5. The number of rotatable bonds is 14. The number of anilines is 1. The number of hydrogen-bond donors (Lipinski definition) is 1. The maximum atomic E-state index is 14.1. The molecule has 0 saturated heterocycles. The molecule has 1 atom stereocenters. The fraction of sp³-hybridized carbons (Fsp3) is 0.310. The highest BCUT2D eigenvalue weighted by Gasteiger charge is 2.34. The van der Waals surface area contributed by atoms with Crippen LogP contribution in [0, 0.1) is 10.1 Å².